The minimum Gasteiger partial charge on any atom is -0.391 e. The molecule has 0 aliphatic heterocycles. The third kappa shape index (κ3) is 23.9. The molecule has 0 spiro atoms. The van der Waals surface area contributed by atoms with Gasteiger partial charge in [-0.2, -0.15) is 0 Å². The van der Waals surface area contributed by atoms with Crippen molar-refractivity contribution in [2.24, 2.45) is 0 Å². The summed E-state index contributed by atoms with van der Waals surface area (Å²) in [6.07, 6.45) is 18.7. The molecule has 0 bridgehead atoms. The Morgan fingerprint density at radius 1 is 0.566 bits per heavy atom. The fourth-order valence-electron chi connectivity index (χ4n) is 7.08. The molecule has 0 heterocycles. The largest absolute Gasteiger partial charge is 0.472 e. The number of phosphoric acid groups is 1. The zero-order valence-electron chi connectivity index (χ0n) is 33.3. The van der Waals surface area contributed by atoms with Crippen LogP contribution in [-0.4, -0.2) is 96.8 Å². The van der Waals surface area contributed by atoms with Crippen LogP contribution in [0.2, 0.25) is 0 Å². The van der Waals surface area contributed by atoms with Gasteiger partial charge in [0.15, 0.2) is 0 Å². The molecule has 1 saturated carbocycles. The molecule has 0 aromatic rings. The van der Waals surface area contributed by atoms with Crippen LogP contribution in [0.4, 0.5) is 0 Å². The van der Waals surface area contributed by atoms with Crippen LogP contribution in [0.5, 0.6) is 0 Å². The van der Waals surface area contributed by atoms with Gasteiger partial charge in [-0.3, -0.25) is 13.8 Å². The van der Waals surface area contributed by atoms with Crippen molar-refractivity contribution in [3.05, 3.63) is 0 Å². The lowest BCUT2D eigenvalue weighted by atomic mass is 9.85. The van der Waals surface area contributed by atoms with Crippen molar-refractivity contribution in [3.63, 3.8) is 0 Å². The minimum absolute atomic E-state index is 0.242. The number of amides is 1. The normalized spacial score (nSPS) is 24.2. The predicted octanol–water partition coefficient (Wildman–Crippen LogP) is 7.12. The first-order valence-electron chi connectivity index (χ1n) is 21.5. The van der Waals surface area contributed by atoms with Crippen LogP contribution in [0.1, 0.15) is 194 Å². The SMILES string of the molecule is CCCCCCCCCCCCCCCCCCCC(=O)N[C@@H](COP(=O)(O)OC1C(O)C(O)C(O)[C@@H](O)C1O)[C@H](O)CCCCCCCCCCC. The number of nitrogens with one attached hydrogen (secondary N) is 1. The summed E-state index contributed by atoms with van der Waals surface area (Å²) in [5, 5.41) is 63.8. The van der Waals surface area contributed by atoms with Crippen molar-refractivity contribution < 1.29 is 53.9 Å². The lowest BCUT2D eigenvalue weighted by Crippen LogP contribution is -2.64. The lowest BCUT2D eigenvalue weighted by molar-refractivity contribution is -0.220. The highest BCUT2D eigenvalue weighted by Gasteiger charge is 2.51. The van der Waals surface area contributed by atoms with Crippen LogP contribution in [0.15, 0.2) is 0 Å². The Kier molecular flexibility index (Phi) is 29.9. The van der Waals surface area contributed by atoms with Gasteiger partial charge < -0.3 is 40.8 Å². The van der Waals surface area contributed by atoms with Crippen LogP contribution in [-0.2, 0) is 18.4 Å². The van der Waals surface area contributed by atoms with Gasteiger partial charge in [0.05, 0.1) is 18.8 Å². The van der Waals surface area contributed by atoms with E-state index in [0.29, 0.717) is 19.3 Å². The summed E-state index contributed by atoms with van der Waals surface area (Å²) >= 11 is 0. The molecule has 53 heavy (non-hydrogen) atoms. The van der Waals surface area contributed by atoms with E-state index < -0.39 is 63.2 Å². The number of unbranched alkanes of at least 4 members (excludes halogenated alkanes) is 24. The van der Waals surface area contributed by atoms with Crippen molar-refractivity contribution in [1.82, 2.24) is 5.32 Å². The minimum atomic E-state index is -5.04. The van der Waals surface area contributed by atoms with Crippen molar-refractivity contribution in [1.29, 1.82) is 0 Å². The maximum Gasteiger partial charge on any atom is 0.472 e. The number of carbonyl (C=O) groups is 1. The van der Waals surface area contributed by atoms with Crippen LogP contribution >= 0.6 is 7.82 Å². The topological polar surface area (TPSA) is 206 Å². The molecule has 13 heteroatoms. The highest BCUT2D eigenvalue weighted by Crippen LogP contribution is 2.47. The maximum absolute atomic E-state index is 12.9. The van der Waals surface area contributed by atoms with Crippen molar-refractivity contribution in [2.75, 3.05) is 6.61 Å². The van der Waals surface area contributed by atoms with Crippen LogP contribution < -0.4 is 5.32 Å². The fraction of sp³-hybridized carbons (Fsp3) is 0.975. The number of phosphoric ester groups is 1. The van der Waals surface area contributed by atoms with E-state index in [1.165, 1.54) is 116 Å². The van der Waals surface area contributed by atoms with E-state index in [2.05, 4.69) is 19.2 Å². The van der Waals surface area contributed by atoms with Gasteiger partial charge in [-0.05, 0) is 12.8 Å². The molecule has 0 aromatic heterocycles. The molecule has 0 radical (unpaired) electrons. The molecule has 316 valence electrons. The molecule has 1 aliphatic carbocycles. The van der Waals surface area contributed by atoms with Gasteiger partial charge in [-0.1, -0.05) is 174 Å². The average molecular weight is 782 g/mol. The summed E-state index contributed by atoms with van der Waals surface area (Å²) in [7, 11) is -5.04. The first kappa shape index (κ1) is 50.4. The van der Waals surface area contributed by atoms with E-state index in [0.717, 1.165) is 38.5 Å². The summed E-state index contributed by atoms with van der Waals surface area (Å²) < 4.78 is 22.8. The molecular formula is C40H80NO11P. The third-order valence-corrected chi connectivity index (χ3v) is 11.7. The molecule has 0 aromatic carbocycles. The first-order chi connectivity index (χ1) is 25.4. The Labute approximate surface area is 321 Å². The molecular weight excluding hydrogens is 701 g/mol. The zero-order valence-corrected chi connectivity index (χ0v) is 34.2. The molecule has 1 fully saturated rings. The predicted molar refractivity (Wildman–Crippen MR) is 209 cm³/mol. The quantitative estimate of drug-likeness (QED) is 0.0240. The second-order valence-electron chi connectivity index (χ2n) is 15.6. The smallest absolute Gasteiger partial charge is 0.391 e. The monoisotopic (exact) mass is 782 g/mol. The summed E-state index contributed by atoms with van der Waals surface area (Å²) in [6.45, 7) is 3.85. The summed E-state index contributed by atoms with van der Waals surface area (Å²) in [5.41, 5.74) is 0. The summed E-state index contributed by atoms with van der Waals surface area (Å²) in [6, 6.07) is -1.02. The molecule has 8 N–H and O–H groups in total. The number of aliphatic hydroxyl groups excluding tert-OH is 6. The van der Waals surface area contributed by atoms with E-state index in [-0.39, 0.29) is 12.3 Å². The molecule has 9 atom stereocenters. The number of carbonyl (C=O) groups excluding carboxylic acids is 1. The molecule has 12 nitrogen and oxygen atoms in total. The molecule has 1 amide bonds. The van der Waals surface area contributed by atoms with Gasteiger partial charge in [-0.25, -0.2) is 4.57 Å². The summed E-state index contributed by atoms with van der Waals surface area (Å²) in [5.74, 6) is -0.308. The van der Waals surface area contributed by atoms with Crippen LogP contribution in [0, 0.1) is 0 Å². The third-order valence-electron chi connectivity index (χ3n) is 10.7. The maximum atomic E-state index is 12.9. The highest BCUT2D eigenvalue weighted by atomic mass is 31.2. The second kappa shape index (κ2) is 31.4. The molecule has 1 aliphatic rings. The zero-order chi connectivity index (χ0) is 39.3. The van der Waals surface area contributed by atoms with E-state index in [1.807, 2.05) is 0 Å². The van der Waals surface area contributed by atoms with Crippen LogP contribution in [0.25, 0.3) is 0 Å². The number of hydrogen-bond donors (Lipinski definition) is 8. The Bertz CT molecular complexity index is 915. The first-order valence-corrected chi connectivity index (χ1v) is 23.0. The molecule has 0 saturated heterocycles. The standard InChI is InChI=1S/C40H80NO11P/c1-3-5-7-9-11-13-14-15-16-17-18-19-20-22-24-26-28-30-34(43)41-32(33(42)29-27-25-23-21-12-10-8-6-4-2)31-51-53(49,50)52-40-38(47)36(45)35(44)37(46)39(40)48/h32-33,35-40,42,44-48H,3-31H2,1-2H3,(H,41,43)(H,49,50)/t32-,33+,35?,36+,37?,38?,39?,40?/m0/s1. The average Bonchev–Trinajstić information content (AvgIpc) is 3.13. The van der Waals surface area contributed by atoms with E-state index in [4.69, 9.17) is 9.05 Å². The van der Waals surface area contributed by atoms with E-state index in [9.17, 15) is 44.9 Å². The van der Waals surface area contributed by atoms with Crippen molar-refractivity contribution >= 4 is 13.7 Å². The van der Waals surface area contributed by atoms with Crippen molar-refractivity contribution in [2.45, 2.75) is 242 Å². The van der Waals surface area contributed by atoms with Gasteiger partial charge in [0, 0.05) is 6.42 Å². The van der Waals surface area contributed by atoms with E-state index in [1.54, 1.807) is 0 Å². The number of rotatable bonds is 35. The number of hydrogen-bond acceptors (Lipinski definition) is 10. The van der Waals surface area contributed by atoms with Crippen molar-refractivity contribution in [3.8, 4) is 0 Å². The Balaban J connectivity index is 2.45. The summed E-state index contributed by atoms with van der Waals surface area (Å²) in [4.78, 5) is 23.3. The lowest BCUT2D eigenvalue weighted by Gasteiger charge is -2.41. The van der Waals surface area contributed by atoms with Gasteiger partial charge in [-0.15, -0.1) is 0 Å². The molecule has 1 rings (SSSR count). The van der Waals surface area contributed by atoms with Gasteiger partial charge in [0.2, 0.25) is 5.91 Å². The van der Waals surface area contributed by atoms with Gasteiger partial charge in [0.25, 0.3) is 0 Å². The molecule has 6 unspecified atom stereocenters. The highest BCUT2D eigenvalue weighted by molar-refractivity contribution is 7.47. The Morgan fingerprint density at radius 3 is 1.30 bits per heavy atom. The number of aliphatic hydroxyl groups is 6. The van der Waals surface area contributed by atoms with Gasteiger partial charge in [0.1, 0.15) is 36.6 Å². The van der Waals surface area contributed by atoms with Gasteiger partial charge >= 0.3 is 7.82 Å². The fourth-order valence-corrected chi connectivity index (χ4v) is 8.05. The van der Waals surface area contributed by atoms with E-state index >= 15 is 0 Å². The Morgan fingerprint density at radius 2 is 0.906 bits per heavy atom. The van der Waals surface area contributed by atoms with Crippen LogP contribution in [0.3, 0.4) is 0 Å². The Hall–Kier alpha value is -0.660. The second-order valence-corrected chi connectivity index (χ2v) is 17.0.